The highest BCUT2D eigenvalue weighted by Crippen LogP contribution is 2.42. The molecule has 1 aliphatic heterocycles. The quantitative estimate of drug-likeness (QED) is 0.716. The number of fused-ring (bicyclic) bond motifs is 1. The molecule has 0 saturated heterocycles. The normalized spacial score (nSPS) is 17.3. The molecule has 1 aliphatic carbocycles. The minimum absolute atomic E-state index is 0.273. The van der Waals surface area contributed by atoms with Crippen LogP contribution in [-0.4, -0.2) is 27.0 Å². The maximum Gasteiger partial charge on any atom is 0.231 e. The molecule has 7 nitrogen and oxygen atoms in total. The van der Waals surface area contributed by atoms with Crippen molar-refractivity contribution in [2.24, 2.45) is 0 Å². The second kappa shape index (κ2) is 7.06. The predicted molar refractivity (Wildman–Crippen MR) is 110 cm³/mol. The number of nitrogens with zero attached hydrogens (tertiary/aromatic N) is 4. The summed E-state index contributed by atoms with van der Waals surface area (Å²) in [6.45, 7) is 4.48. The van der Waals surface area contributed by atoms with Crippen LogP contribution in [0.3, 0.4) is 0 Å². The maximum absolute atomic E-state index is 5.57. The molecule has 0 amide bonds. The Bertz CT molecular complexity index is 1020. The van der Waals surface area contributed by atoms with E-state index in [0.29, 0.717) is 0 Å². The third kappa shape index (κ3) is 3.10. The SMILES string of the molecule is Cc1cccc(C)c1-n1nnnc1C1(Nc2ccc3c(c2)OCO3)CCCCC1. The summed E-state index contributed by atoms with van der Waals surface area (Å²) in [4.78, 5) is 0. The number of aromatic nitrogens is 4. The number of rotatable bonds is 4. The fraction of sp³-hybridized carbons (Fsp3) is 0.409. The van der Waals surface area contributed by atoms with Crippen LogP contribution in [0, 0.1) is 13.8 Å². The first kappa shape index (κ1) is 18.0. The smallest absolute Gasteiger partial charge is 0.231 e. The first-order valence-electron chi connectivity index (χ1n) is 10.2. The van der Waals surface area contributed by atoms with Gasteiger partial charge in [-0.25, -0.2) is 0 Å². The van der Waals surface area contributed by atoms with Crippen molar-refractivity contribution in [3.63, 3.8) is 0 Å². The van der Waals surface area contributed by atoms with Crippen molar-refractivity contribution in [2.75, 3.05) is 12.1 Å². The summed E-state index contributed by atoms with van der Waals surface area (Å²) in [5.41, 5.74) is 4.04. The Hall–Kier alpha value is -3.09. The van der Waals surface area contributed by atoms with Crippen LogP contribution in [0.5, 0.6) is 11.5 Å². The van der Waals surface area contributed by atoms with Gasteiger partial charge in [-0.05, 0) is 60.4 Å². The van der Waals surface area contributed by atoms with Crippen molar-refractivity contribution < 1.29 is 9.47 Å². The molecule has 2 aliphatic rings. The number of anilines is 1. The lowest BCUT2D eigenvalue weighted by Gasteiger charge is -2.38. The number of hydrogen-bond acceptors (Lipinski definition) is 6. The van der Waals surface area contributed by atoms with E-state index in [1.165, 1.54) is 6.42 Å². The van der Waals surface area contributed by atoms with Crippen LogP contribution < -0.4 is 14.8 Å². The molecular formula is C22H25N5O2. The Morgan fingerprint density at radius 1 is 0.966 bits per heavy atom. The van der Waals surface area contributed by atoms with E-state index < -0.39 is 0 Å². The molecule has 0 bridgehead atoms. The molecule has 7 heteroatoms. The molecule has 2 aromatic carbocycles. The highest BCUT2D eigenvalue weighted by Gasteiger charge is 2.40. The van der Waals surface area contributed by atoms with Gasteiger partial charge in [0.15, 0.2) is 17.3 Å². The molecule has 1 N–H and O–H groups in total. The lowest BCUT2D eigenvalue weighted by atomic mass is 9.80. The first-order chi connectivity index (χ1) is 14.2. The Morgan fingerprint density at radius 3 is 2.52 bits per heavy atom. The molecule has 1 saturated carbocycles. The van der Waals surface area contributed by atoms with Gasteiger partial charge in [0.2, 0.25) is 6.79 Å². The molecule has 0 radical (unpaired) electrons. The maximum atomic E-state index is 5.57. The second-order valence-electron chi connectivity index (χ2n) is 7.99. The van der Waals surface area contributed by atoms with Crippen LogP contribution in [0.15, 0.2) is 36.4 Å². The van der Waals surface area contributed by atoms with Gasteiger partial charge in [0.1, 0.15) is 0 Å². The van der Waals surface area contributed by atoms with E-state index in [1.54, 1.807) is 0 Å². The third-order valence-corrected chi connectivity index (χ3v) is 6.01. The summed E-state index contributed by atoms with van der Waals surface area (Å²) in [7, 11) is 0. The number of para-hydroxylation sites is 1. The Labute approximate surface area is 170 Å². The van der Waals surface area contributed by atoms with Crippen molar-refractivity contribution in [2.45, 2.75) is 51.5 Å². The number of aryl methyl sites for hydroxylation is 2. The molecule has 5 rings (SSSR count). The minimum atomic E-state index is -0.329. The van der Waals surface area contributed by atoms with Crippen LogP contribution in [0.2, 0.25) is 0 Å². The molecule has 0 unspecified atom stereocenters. The van der Waals surface area contributed by atoms with Gasteiger partial charge in [-0.2, -0.15) is 4.68 Å². The van der Waals surface area contributed by atoms with Gasteiger partial charge in [-0.3, -0.25) is 0 Å². The van der Waals surface area contributed by atoms with Crippen molar-refractivity contribution >= 4 is 5.69 Å². The fourth-order valence-corrected chi connectivity index (χ4v) is 4.59. The van der Waals surface area contributed by atoms with Gasteiger partial charge < -0.3 is 14.8 Å². The lowest BCUT2D eigenvalue weighted by Crippen LogP contribution is -2.40. The summed E-state index contributed by atoms with van der Waals surface area (Å²) < 4.78 is 13.0. The topological polar surface area (TPSA) is 74.1 Å². The average Bonchev–Trinajstić information content (AvgIpc) is 3.38. The zero-order chi connectivity index (χ0) is 19.8. The molecule has 1 aromatic heterocycles. The van der Waals surface area contributed by atoms with Gasteiger partial charge >= 0.3 is 0 Å². The fourth-order valence-electron chi connectivity index (χ4n) is 4.59. The van der Waals surface area contributed by atoms with Crippen LogP contribution in [0.25, 0.3) is 5.69 Å². The Kier molecular flexibility index (Phi) is 4.38. The van der Waals surface area contributed by atoms with E-state index in [4.69, 9.17) is 9.47 Å². The number of nitrogens with one attached hydrogen (secondary N) is 1. The molecule has 29 heavy (non-hydrogen) atoms. The van der Waals surface area contributed by atoms with Crippen molar-refractivity contribution in [1.82, 2.24) is 20.2 Å². The average molecular weight is 391 g/mol. The summed E-state index contributed by atoms with van der Waals surface area (Å²) in [5.74, 6) is 2.43. The monoisotopic (exact) mass is 391 g/mol. The van der Waals surface area contributed by atoms with E-state index >= 15 is 0 Å². The summed E-state index contributed by atoms with van der Waals surface area (Å²) in [6.07, 6.45) is 5.46. The Morgan fingerprint density at radius 2 is 1.72 bits per heavy atom. The van der Waals surface area contributed by atoms with Crippen molar-refractivity contribution in [1.29, 1.82) is 0 Å². The number of ether oxygens (including phenoxy) is 2. The van der Waals surface area contributed by atoms with E-state index in [2.05, 4.69) is 52.9 Å². The van der Waals surface area contributed by atoms with E-state index in [-0.39, 0.29) is 12.3 Å². The number of hydrogen-bond donors (Lipinski definition) is 1. The van der Waals surface area contributed by atoms with Crippen molar-refractivity contribution in [3.05, 3.63) is 53.3 Å². The summed E-state index contributed by atoms with van der Waals surface area (Å²) in [5, 5.41) is 16.8. The van der Waals surface area contributed by atoms with Gasteiger partial charge in [-0.1, -0.05) is 37.5 Å². The minimum Gasteiger partial charge on any atom is -0.454 e. The molecule has 1 fully saturated rings. The van der Waals surface area contributed by atoms with Crippen molar-refractivity contribution in [3.8, 4) is 17.2 Å². The molecule has 2 heterocycles. The van der Waals surface area contributed by atoms with E-state index in [0.717, 1.165) is 65.5 Å². The van der Waals surface area contributed by atoms with Gasteiger partial charge in [0, 0.05) is 11.8 Å². The Balaban J connectivity index is 1.58. The second-order valence-corrected chi connectivity index (χ2v) is 7.99. The van der Waals surface area contributed by atoms with Gasteiger partial charge in [-0.15, -0.1) is 5.10 Å². The molecule has 0 atom stereocenters. The highest BCUT2D eigenvalue weighted by molar-refractivity contribution is 5.57. The van der Waals surface area contributed by atoms with E-state index in [1.807, 2.05) is 22.9 Å². The number of benzene rings is 2. The zero-order valence-electron chi connectivity index (χ0n) is 16.8. The lowest BCUT2D eigenvalue weighted by molar-refractivity contribution is 0.174. The third-order valence-electron chi connectivity index (χ3n) is 6.01. The van der Waals surface area contributed by atoms with Gasteiger partial charge in [0.25, 0.3) is 0 Å². The van der Waals surface area contributed by atoms with Gasteiger partial charge in [0.05, 0.1) is 11.2 Å². The number of tetrazole rings is 1. The van der Waals surface area contributed by atoms with E-state index in [9.17, 15) is 0 Å². The molecule has 0 spiro atoms. The zero-order valence-corrected chi connectivity index (χ0v) is 16.8. The van der Waals surface area contributed by atoms with Crippen LogP contribution in [0.1, 0.15) is 49.1 Å². The molecule has 3 aromatic rings. The summed E-state index contributed by atoms with van der Waals surface area (Å²) >= 11 is 0. The summed E-state index contributed by atoms with van der Waals surface area (Å²) in [6, 6.07) is 12.3. The largest absolute Gasteiger partial charge is 0.454 e. The highest BCUT2D eigenvalue weighted by atomic mass is 16.7. The van der Waals surface area contributed by atoms with Crippen LogP contribution in [0.4, 0.5) is 5.69 Å². The molecular weight excluding hydrogens is 366 g/mol. The standard InChI is InChI=1S/C22H25N5O2/c1-15-7-6-8-16(2)20(15)27-21(24-25-26-27)22(11-4-3-5-12-22)23-17-9-10-18-19(13-17)29-14-28-18/h6-10,13,23H,3-5,11-12,14H2,1-2H3. The van der Waals surface area contributed by atoms with Crippen LogP contribution in [-0.2, 0) is 5.54 Å². The van der Waals surface area contributed by atoms with Crippen LogP contribution >= 0.6 is 0 Å². The predicted octanol–water partition coefficient (Wildman–Crippen LogP) is 4.28. The molecule has 150 valence electrons. The first-order valence-corrected chi connectivity index (χ1v) is 10.2.